The van der Waals surface area contributed by atoms with E-state index in [0.717, 1.165) is 0 Å². The second kappa shape index (κ2) is 5.04. The molecule has 0 aliphatic heterocycles. The average Bonchev–Trinajstić information content (AvgIpc) is 1.94. The first-order valence-corrected chi connectivity index (χ1v) is 5.16. The molecule has 0 heterocycles. The maximum absolute atomic E-state index is 11.8. The predicted molar refractivity (Wildman–Crippen MR) is 42.5 cm³/mol. The van der Waals surface area contributed by atoms with Crippen LogP contribution in [-0.2, 0) is 19.1 Å². The Kier molecular flexibility index (Phi) is 4.63. The van der Waals surface area contributed by atoms with Gasteiger partial charge in [-0.15, -0.1) is 0 Å². The molecule has 0 unspecified atom stereocenters. The fourth-order valence-electron chi connectivity index (χ4n) is 0.628. The van der Waals surface area contributed by atoms with Gasteiger partial charge in [-0.25, -0.2) is 4.79 Å². The highest BCUT2D eigenvalue weighted by molar-refractivity contribution is 7.87. The van der Waals surface area contributed by atoms with Gasteiger partial charge in [0.15, 0.2) is 0 Å². The Balaban J connectivity index is 5.24. The van der Waals surface area contributed by atoms with Crippen molar-refractivity contribution in [1.82, 2.24) is 0 Å². The van der Waals surface area contributed by atoms with Crippen LogP contribution in [0.15, 0.2) is 11.8 Å². The number of hydrogen-bond donors (Lipinski definition) is 1. The van der Waals surface area contributed by atoms with E-state index < -0.39 is 46.0 Å². The first-order valence-electron chi connectivity index (χ1n) is 3.75. The van der Waals surface area contributed by atoms with Gasteiger partial charge in [-0.1, -0.05) is 0 Å². The molecular weight excluding hydrogens is 298 g/mol. The minimum Gasteiger partial charge on any atom is -0.478 e. The van der Waals surface area contributed by atoms with Crippen LogP contribution in [0, 0.1) is 0 Å². The molecule has 0 aromatic carbocycles. The van der Waals surface area contributed by atoms with Crippen LogP contribution in [0.2, 0.25) is 0 Å². The molecule has 0 radical (unpaired) electrons. The fourth-order valence-corrected chi connectivity index (χ4v) is 1.11. The molecule has 0 fully saturated rings. The molecule has 0 atom stereocenters. The van der Waals surface area contributed by atoms with E-state index >= 15 is 0 Å². The maximum Gasteiger partial charge on any atom is 0.534 e. The normalized spacial score (nSPS) is 14.4. The molecule has 0 bridgehead atoms. The van der Waals surface area contributed by atoms with E-state index in [9.17, 15) is 39.6 Å². The van der Waals surface area contributed by atoms with Crippen LogP contribution in [0.3, 0.4) is 0 Å². The summed E-state index contributed by atoms with van der Waals surface area (Å²) in [4.78, 5) is 10.0. The zero-order valence-corrected chi connectivity index (χ0v) is 8.86. The number of hydrogen-bond acceptors (Lipinski definition) is 4. The van der Waals surface area contributed by atoms with Crippen molar-refractivity contribution < 1.29 is 48.8 Å². The number of carbonyl (C=O) groups is 1. The molecule has 0 aromatic rings. The van der Waals surface area contributed by atoms with Gasteiger partial charge < -0.3 is 9.29 Å². The second-order valence-electron chi connectivity index (χ2n) is 2.72. The quantitative estimate of drug-likeness (QED) is 0.281. The third kappa shape index (κ3) is 5.75. The lowest BCUT2D eigenvalue weighted by atomic mass is 10.3. The molecule has 5 nitrogen and oxygen atoms in total. The second-order valence-corrected chi connectivity index (χ2v) is 4.26. The zero-order valence-electron chi connectivity index (χ0n) is 8.04. The molecule has 0 aliphatic rings. The molecule has 0 amide bonds. The van der Waals surface area contributed by atoms with Crippen LogP contribution in [0.5, 0.6) is 0 Å². The van der Waals surface area contributed by atoms with E-state index in [1.165, 1.54) is 0 Å². The summed E-state index contributed by atoms with van der Waals surface area (Å²) in [5, 5.41) is 8.08. The Hall–Kier alpha value is -1.46. The van der Waals surface area contributed by atoms with Gasteiger partial charge in [0.05, 0.1) is 6.08 Å². The molecule has 0 aliphatic carbocycles. The summed E-state index contributed by atoms with van der Waals surface area (Å²) >= 11 is 0. The first-order chi connectivity index (χ1) is 7.74. The summed E-state index contributed by atoms with van der Waals surface area (Å²) in [5.41, 5.74) is -5.96. The smallest absolute Gasteiger partial charge is 0.478 e. The van der Waals surface area contributed by atoms with Crippen LogP contribution < -0.4 is 0 Å². The van der Waals surface area contributed by atoms with E-state index in [0.29, 0.717) is 0 Å². The van der Waals surface area contributed by atoms with Gasteiger partial charge in [-0.2, -0.15) is 34.8 Å². The number of carboxylic acids is 1. The molecule has 0 saturated heterocycles. The fraction of sp³-hybridized carbons (Fsp3) is 0.500. The molecule has 106 valence electrons. The van der Waals surface area contributed by atoms with Gasteiger partial charge in [0.25, 0.3) is 0 Å². The van der Waals surface area contributed by atoms with E-state index in [1.54, 1.807) is 0 Å². The van der Waals surface area contributed by atoms with Gasteiger partial charge >= 0.3 is 27.8 Å². The van der Waals surface area contributed by atoms with E-state index in [1.807, 2.05) is 0 Å². The molecule has 18 heavy (non-hydrogen) atoms. The van der Waals surface area contributed by atoms with Gasteiger partial charge in [0.1, 0.15) is 12.2 Å². The van der Waals surface area contributed by atoms with Crippen molar-refractivity contribution >= 4 is 16.1 Å². The van der Waals surface area contributed by atoms with Crippen molar-refractivity contribution in [3.8, 4) is 0 Å². The van der Waals surface area contributed by atoms with Crippen LogP contribution >= 0.6 is 0 Å². The van der Waals surface area contributed by atoms with Gasteiger partial charge in [0, 0.05) is 0 Å². The molecule has 0 saturated carbocycles. The van der Waals surface area contributed by atoms with Crippen LogP contribution in [-0.4, -0.2) is 31.2 Å². The van der Waals surface area contributed by atoms with Crippen LogP contribution in [0.25, 0.3) is 0 Å². The molecule has 0 aromatic heterocycles. The van der Waals surface area contributed by atoms with Crippen molar-refractivity contribution in [2.24, 2.45) is 0 Å². The summed E-state index contributed by atoms with van der Waals surface area (Å²) in [6.07, 6.45) is -7.83. The lowest BCUT2D eigenvalue weighted by molar-refractivity contribution is -0.134. The Morgan fingerprint density at radius 1 is 1.17 bits per heavy atom. The summed E-state index contributed by atoms with van der Waals surface area (Å²) in [6, 6.07) is 0. The molecular formula is C6H4F6O5S. The lowest BCUT2D eigenvalue weighted by Gasteiger charge is -2.13. The number of halogens is 6. The molecule has 0 rings (SSSR count). The molecule has 12 heteroatoms. The molecule has 1 N–H and O–H groups in total. The average molecular weight is 302 g/mol. The Morgan fingerprint density at radius 2 is 1.61 bits per heavy atom. The van der Waals surface area contributed by atoms with Gasteiger partial charge in [-0.3, -0.25) is 0 Å². The monoisotopic (exact) mass is 302 g/mol. The highest BCUT2D eigenvalue weighted by Gasteiger charge is 2.49. The van der Waals surface area contributed by atoms with Gasteiger partial charge in [0.2, 0.25) is 0 Å². The minimum atomic E-state index is -6.35. The number of alkyl halides is 6. The summed E-state index contributed by atoms with van der Waals surface area (Å²) < 4.78 is 94.8. The predicted octanol–water partition coefficient (Wildman–Crippen LogP) is 1.77. The van der Waals surface area contributed by atoms with E-state index in [-0.39, 0.29) is 0 Å². The minimum absolute atomic E-state index is 0.420. The Labute approximate surface area is 95.8 Å². The zero-order chi connectivity index (χ0) is 14.8. The largest absolute Gasteiger partial charge is 0.534 e. The third-order valence-corrected chi connectivity index (χ3v) is 2.16. The summed E-state index contributed by atoms with van der Waals surface area (Å²) in [5.74, 6) is -3.99. The molecule has 0 spiro atoms. The van der Waals surface area contributed by atoms with Crippen molar-refractivity contribution in [2.45, 2.75) is 18.1 Å². The first kappa shape index (κ1) is 16.5. The Bertz CT molecular complexity index is 444. The van der Waals surface area contributed by atoms with Crippen molar-refractivity contribution in [3.63, 3.8) is 0 Å². The summed E-state index contributed by atoms with van der Waals surface area (Å²) in [7, 11) is -6.35. The van der Waals surface area contributed by atoms with Gasteiger partial charge in [-0.05, 0) is 0 Å². The Morgan fingerprint density at radius 3 is 1.89 bits per heavy atom. The van der Waals surface area contributed by atoms with E-state index in [2.05, 4.69) is 4.18 Å². The highest BCUT2D eigenvalue weighted by atomic mass is 32.2. The van der Waals surface area contributed by atoms with Crippen LogP contribution in [0.4, 0.5) is 26.3 Å². The van der Waals surface area contributed by atoms with Crippen molar-refractivity contribution in [1.29, 1.82) is 0 Å². The van der Waals surface area contributed by atoms with Crippen LogP contribution in [0.1, 0.15) is 6.42 Å². The topological polar surface area (TPSA) is 80.7 Å². The SMILES string of the molecule is O=C(O)/C=C(/CC(F)(F)F)OS(=O)(=O)C(F)(F)F. The lowest BCUT2D eigenvalue weighted by Crippen LogP contribution is -2.26. The van der Waals surface area contributed by atoms with Crippen molar-refractivity contribution in [3.05, 3.63) is 11.8 Å². The number of carboxylic acid groups (broad SMARTS) is 1. The number of aliphatic carboxylic acids is 1. The summed E-state index contributed by atoms with van der Waals surface area (Å²) in [6.45, 7) is 0. The van der Waals surface area contributed by atoms with Crippen molar-refractivity contribution in [2.75, 3.05) is 0 Å². The van der Waals surface area contributed by atoms with E-state index in [4.69, 9.17) is 5.11 Å². The number of rotatable bonds is 4. The maximum atomic E-state index is 11.8. The highest BCUT2D eigenvalue weighted by Crippen LogP contribution is 2.31. The third-order valence-electron chi connectivity index (χ3n) is 1.16. The number of allylic oxidation sites excluding steroid dienone is 1. The standard InChI is InChI=1S/C6H4F6O5S/c7-5(8,9)2-3(1-4(13)14)17-18(15,16)6(10,11)12/h1H,2H2,(H,13,14)/b3-1-.